The molecule has 2 nitrogen and oxygen atoms in total. The summed E-state index contributed by atoms with van der Waals surface area (Å²) in [5, 5.41) is 0. The molecule has 0 amide bonds. The Bertz CT molecular complexity index is 434. The summed E-state index contributed by atoms with van der Waals surface area (Å²) in [4.78, 5) is 0. The van der Waals surface area contributed by atoms with E-state index in [1.165, 1.54) is 5.56 Å². The molecule has 1 unspecified atom stereocenters. The first kappa shape index (κ1) is 15.1. The molecule has 0 aliphatic heterocycles. The average Bonchev–Trinajstić information content (AvgIpc) is 2.36. The molecule has 0 saturated heterocycles. The molecule has 0 fully saturated rings. The molecule has 1 aromatic carbocycles. The van der Waals surface area contributed by atoms with E-state index in [-0.39, 0.29) is 6.04 Å². The monoisotopic (exact) mass is 309 g/mol. The third-order valence-corrected chi connectivity index (χ3v) is 3.30. The largest absolute Gasteiger partial charge is 0.491 e. The Kier molecular flexibility index (Phi) is 6.85. The van der Waals surface area contributed by atoms with Gasteiger partial charge in [-0.3, -0.25) is 0 Å². The van der Waals surface area contributed by atoms with E-state index in [0.29, 0.717) is 6.61 Å². The van der Waals surface area contributed by atoms with Gasteiger partial charge >= 0.3 is 0 Å². The molecule has 0 aliphatic carbocycles. The highest BCUT2D eigenvalue weighted by Crippen LogP contribution is 2.26. The van der Waals surface area contributed by atoms with Crippen LogP contribution >= 0.6 is 15.9 Å². The molecular weight excluding hydrogens is 290 g/mol. The predicted molar refractivity (Wildman–Crippen MR) is 79.7 cm³/mol. The molecule has 98 valence electrons. The fraction of sp³-hybridized carbons (Fsp3) is 0.467. The topological polar surface area (TPSA) is 35.2 Å². The van der Waals surface area contributed by atoms with Gasteiger partial charge in [0.1, 0.15) is 5.75 Å². The Morgan fingerprint density at radius 2 is 2.22 bits per heavy atom. The molecule has 18 heavy (non-hydrogen) atoms. The minimum absolute atomic E-state index is 0.225. The van der Waals surface area contributed by atoms with E-state index < -0.39 is 0 Å². The van der Waals surface area contributed by atoms with Crippen molar-refractivity contribution in [3.8, 4) is 17.6 Å². The number of nitrogens with two attached hydrogens (primary N) is 1. The lowest BCUT2D eigenvalue weighted by molar-refractivity contribution is 0.325. The van der Waals surface area contributed by atoms with Crippen molar-refractivity contribution in [2.45, 2.75) is 39.2 Å². The van der Waals surface area contributed by atoms with Crippen LogP contribution in [0.1, 0.15) is 32.3 Å². The van der Waals surface area contributed by atoms with Crippen molar-refractivity contribution in [3.63, 3.8) is 0 Å². The molecule has 2 N–H and O–H groups in total. The third-order valence-electron chi connectivity index (χ3n) is 2.68. The van der Waals surface area contributed by atoms with Crippen LogP contribution in [0.5, 0.6) is 5.75 Å². The fourth-order valence-electron chi connectivity index (χ4n) is 1.57. The van der Waals surface area contributed by atoms with Crippen molar-refractivity contribution in [2.75, 3.05) is 6.61 Å². The maximum atomic E-state index is 5.94. The maximum absolute atomic E-state index is 5.94. The van der Waals surface area contributed by atoms with Gasteiger partial charge in [-0.2, -0.15) is 0 Å². The van der Waals surface area contributed by atoms with Gasteiger partial charge in [0.05, 0.1) is 11.1 Å². The average molecular weight is 310 g/mol. The van der Waals surface area contributed by atoms with E-state index in [0.717, 1.165) is 29.5 Å². The summed E-state index contributed by atoms with van der Waals surface area (Å²) in [6.07, 6.45) is 2.65. The van der Waals surface area contributed by atoms with Crippen LogP contribution in [0.15, 0.2) is 22.7 Å². The summed E-state index contributed by atoms with van der Waals surface area (Å²) < 4.78 is 6.62. The van der Waals surface area contributed by atoms with Gasteiger partial charge in [0.2, 0.25) is 0 Å². The highest BCUT2D eigenvalue weighted by atomic mass is 79.9. The summed E-state index contributed by atoms with van der Waals surface area (Å²) in [5.74, 6) is 6.69. The number of ether oxygens (including phenoxy) is 1. The van der Waals surface area contributed by atoms with Crippen LogP contribution in [0.4, 0.5) is 0 Å². The molecule has 0 heterocycles. The van der Waals surface area contributed by atoms with Gasteiger partial charge in [0.25, 0.3) is 0 Å². The summed E-state index contributed by atoms with van der Waals surface area (Å²) in [6.45, 7) is 4.56. The molecule has 3 heteroatoms. The van der Waals surface area contributed by atoms with Crippen LogP contribution in [-0.4, -0.2) is 12.6 Å². The number of hydrogen-bond acceptors (Lipinski definition) is 2. The van der Waals surface area contributed by atoms with Gasteiger partial charge in [0.15, 0.2) is 0 Å². The summed E-state index contributed by atoms with van der Waals surface area (Å²) in [6, 6.07) is 6.36. The lowest BCUT2D eigenvalue weighted by Crippen LogP contribution is -2.21. The van der Waals surface area contributed by atoms with Crippen molar-refractivity contribution < 1.29 is 4.74 Å². The second-order valence-electron chi connectivity index (χ2n) is 4.16. The molecule has 1 atom stereocenters. The molecule has 0 radical (unpaired) electrons. The van der Waals surface area contributed by atoms with E-state index >= 15 is 0 Å². The second-order valence-corrected chi connectivity index (χ2v) is 5.02. The number of halogens is 1. The smallest absolute Gasteiger partial charge is 0.133 e. The van der Waals surface area contributed by atoms with Gasteiger partial charge in [-0.25, -0.2) is 0 Å². The van der Waals surface area contributed by atoms with Crippen LogP contribution in [0, 0.1) is 11.8 Å². The fourth-order valence-corrected chi connectivity index (χ4v) is 2.11. The first-order chi connectivity index (χ1) is 8.67. The third kappa shape index (κ3) is 5.12. The van der Waals surface area contributed by atoms with Crippen LogP contribution in [-0.2, 0) is 6.42 Å². The van der Waals surface area contributed by atoms with Gasteiger partial charge < -0.3 is 10.5 Å². The second kappa shape index (κ2) is 8.18. The van der Waals surface area contributed by atoms with E-state index in [1.807, 2.05) is 13.0 Å². The summed E-state index contributed by atoms with van der Waals surface area (Å²) in [7, 11) is 0. The number of rotatable bonds is 6. The zero-order valence-electron chi connectivity index (χ0n) is 11.0. The minimum atomic E-state index is 0.225. The highest BCUT2D eigenvalue weighted by molar-refractivity contribution is 9.10. The quantitative estimate of drug-likeness (QED) is 0.644. The first-order valence-electron chi connectivity index (χ1n) is 6.23. The molecule has 1 aromatic rings. The maximum Gasteiger partial charge on any atom is 0.133 e. The highest BCUT2D eigenvalue weighted by Gasteiger charge is 2.05. The van der Waals surface area contributed by atoms with E-state index in [4.69, 9.17) is 10.5 Å². The van der Waals surface area contributed by atoms with E-state index in [9.17, 15) is 0 Å². The van der Waals surface area contributed by atoms with Crippen LogP contribution in [0.25, 0.3) is 0 Å². The normalized spacial score (nSPS) is 11.6. The van der Waals surface area contributed by atoms with E-state index in [2.05, 4.69) is 46.8 Å². The van der Waals surface area contributed by atoms with Crippen molar-refractivity contribution in [1.29, 1.82) is 0 Å². The Morgan fingerprint density at radius 3 is 2.83 bits per heavy atom. The Labute approximate surface area is 118 Å². The van der Waals surface area contributed by atoms with Crippen LogP contribution in [0.2, 0.25) is 0 Å². The lowest BCUT2D eigenvalue weighted by atomic mass is 10.0. The van der Waals surface area contributed by atoms with Crippen molar-refractivity contribution in [2.24, 2.45) is 5.73 Å². The molecule has 0 bridgehead atoms. The SMILES string of the molecule is CC#CCCOc1ccc(CC(N)CC)cc1Br. The molecule has 0 aliphatic rings. The van der Waals surface area contributed by atoms with Crippen LogP contribution in [0.3, 0.4) is 0 Å². The summed E-state index contributed by atoms with van der Waals surface area (Å²) >= 11 is 3.53. The number of benzene rings is 1. The molecular formula is C15H20BrNO. The van der Waals surface area contributed by atoms with Gasteiger partial charge in [-0.15, -0.1) is 11.8 Å². The standard InChI is InChI=1S/C15H20BrNO/c1-3-5-6-9-18-15-8-7-12(11-14(15)16)10-13(17)4-2/h7-8,11,13H,4,6,9-10,17H2,1-2H3. The van der Waals surface area contributed by atoms with Gasteiger partial charge in [-0.05, 0) is 53.4 Å². The zero-order valence-corrected chi connectivity index (χ0v) is 12.6. The molecule has 0 saturated carbocycles. The van der Waals surface area contributed by atoms with E-state index in [1.54, 1.807) is 0 Å². The zero-order chi connectivity index (χ0) is 13.4. The minimum Gasteiger partial charge on any atom is -0.491 e. The van der Waals surface area contributed by atoms with Crippen molar-refractivity contribution >= 4 is 15.9 Å². The molecule has 0 aromatic heterocycles. The van der Waals surface area contributed by atoms with Crippen molar-refractivity contribution in [1.82, 2.24) is 0 Å². The van der Waals surface area contributed by atoms with Gasteiger partial charge in [0, 0.05) is 12.5 Å². The molecule has 0 spiro atoms. The Hall–Kier alpha value is -0.980. The lowest BCUT2D eigenvalue weighted by Gasteiger charge is -2.11. The summed E-state index contributed by atoms with van der Waals surface area (Å²) in [5.41, 5.74) is 7.18. The number of hydrogen-bond donors (Lipinski definition) is 1. The van der Waals surface area contributed by atoms with Crippen molar-refractivity contribution in [3.05, 3.63) is 28.2 Å². The van der Waals surface area contributed by atoms with Gasteiger partial charge in [-0.1, -0.05) is 13.0 Å². The molecule has 1 rings (SSSR count). The predicted octanol–water partition coefficient (Wildman–Crippen LogP) is 3.52. The Balaban J connectivity index is 2.58. The van der Waals surface area contributed by atoms with Crippen LogP contribution < -0.4 is 10.5 Å². The Morgan fingerprint density at radius 1 is 1.44 bits per heavy atom. The first-order valence-corrected chi connectivity index (χ1v) is 7.03.